The highest BCUT2D eigenvalue weighted by atomic mass is 16.6. The van der Waals surface area contributed by atoms with Crippen LogP contribution in [0.15, 0.2) is 30.6 Å². The van der Waals surface area contributed by atoms with E-state index in [1.165, 1.54) is 12.3 Å². The number of nitrogens with zero attached hydrogens (tertiary/aromatic N) is 4. The van der Waals surface area contributed by atoms with Crippen molar-refractivity contribution in [3.05, 3.63) is 52.0 Å². The number of non-ortho nitro benzene ring substituents is 1. The second-order valence-electron chi connectivity index (χ2n) is 5.58. The van der Waals surface area contributed by atoms with E-state index >= 15 is 0 Å². The molecular formula is C17H19N5O3. The maximum Gasteiger partial charge on any atom is 0.278 e. The monoisotopic (exact) mass is 341 g/mol. The first-order valence-corrected chi connectivity index (χ1v) is 7.90. The lowest BCUT2D eigenvalue weighted by Crippen LogP contribution is -2.04. The molecule has 0 fully saturated rings. The van der Waals surface area contributed by atoms with Gasteiger partial charge in [-0.1, -0.05) is 6.92 Å². The lowest BCUT2D eigenvalue weighted by atomic mass is 10.1. The molecule has 8 nitrogen and oxygen atoms in total. The molecule has 25 heavy (non-hydrogen) atoms. The molecule has 1 aromatic carbocycles. The number of fused-ring (bicyclic) bond motifs is 1. The predicted octanol–water partition coefficient (Wildman–Crippen LogP) is 3.06. The van der Waals surface area contributed by atoms with E-state index in [1.54, 1.807) is 30.1 Å². The largest absolute Gasteiger partial charge is 0.481 e. The van der Waals surface area contributed by atoms with Crippen molar-refractivity contribution >= 4 is 22.1 Å². The molecule has 2 aromatic heterocycles. The van der Waals surface area contributed by atoms with Crippen LogP contribution in [-0.2, 0) is 20.0 Å². The van der Waals surface area contributed by atoms with E-state index in [-0.39, 0.29) is 5.69 Å². The first kappa shape index (κ1) is 16.7. The summed E-state index contributed by atoms with van der Waals surface area (Å²) in [5.74, 6) is 0.706. The molecule has 0 unspecified atom stereocenters. The van der Waals surface area contributed by atoms with Crippen LogP contribution in [0.3, 0.4) is 0 Å². The number of nitro groups is 1. The van der Waals surface area contributed by atoms with Crippen LogP contribution < -0.4 is 10.1 Å². The van der Waals surface area contributed by atoms with Crippen molar-refractivity contribution < 1.29 is 9.66 Å². The highest BCUT2D eigenvalue weighted by Crippen LogP contribution is 2.31. The van der Waals surface area contributed by atoms with E-state index in [2.05, 4.69) is 15.4 Å². The number of rotatable bonds is 6. The molecule has 2 heterocycles. The van der Waals surface area contributed by atoms with Gasteiger partial charge in [-0.15, -0.1) is 0 Å². The van der Waals surface area contributed by atoms with Crippen LogP contribution >= 0.6 is 0 Å². The fourth-order valence-electron chi connectivity index (χ4n) is 2.99. The number of hydrogen-bond donors (Lipinski definition) is 1. The molecule has 0 aliphatic heterocycles. The van der Waals surface area contributed by atoms with Crippen LogP contribution in [0.2, 0.25) is 0 Å². The van der Waals surface area contributed by atoms with Crippen molar-refractivity contribution in [2.75, 3.05) is 12.4 Å². The molecule has 0 radical (unpaired) electrons. The lowest BCUT2D eigenvalue weighted by molar-refractivity contribution is -0.383. The molecule has 0 aliphatic carbocycles. The lowest BCUT2D eigenvalue weighted by Gasteiger charge is -2.11. The van der Waals surface area contributed by atoms with E-state index in [0.717, 1.165) is 28.8 Å². The van der Waals surface area contributed by atoms with Gasteiger partial charge in [-0.3, -0.25) is 15.1 Å². The quantitative estimate of drug-likeness (QED) is 0.547. The fraction of sp³-hybridized carbons (Fsp3) is 0.294. The number of ether oxygens (including phenoxy) is 1. The number of aromatic nitrogens is 3. The predicted molar refractivity (Wildman–Crippen MR) is 94.9 cm³/mol. The third kappa shape index (κ3) is 2.98. The van der Waals surface area contributed by atoms with Gasteiger partial charge >= 0.3 is 0 Å². The van der Waals surface area contributed by atoms with Crippen LogP contribution in [0.4, 0.5) is 11.4 Å². The van der Waals surface area contributed by atoms with Gasteiger partial charge < -0.3 is 10.1 Å². The van der Waals surface area contributed by atoms with Gasteiger partial charge in [0.1, 0.15) is 0 Å². The van der Waals surface area contributed by atoms with Crippen molar-refractivity contribution in [2.45, 2.75) is 19.9 Å². The van der Waals surface area contributed by atoms with Gasteiger partial charge in [0.2, 0.25) is 5.88 Å². The summed E-state index contributed by atoms with van der Waals surface area (Å²) in [5.41, 5.74) is 2.78. The second-order valence-corrected chi connectivity index (χ2v) is 5.58. The average Bonchev–Trinajstić information content (AvgIpc) is 2.93. The summed E-state index contributed by atoms with van der Waals surface area (Å²) in [6.45, 7) is 2.55. The van der Waals surface area contributed by atoms with Gasteiger partial charge in [-0.2, -0.15) is 5.10 Å². The Bertz CT molecular complexity index is 935. The SMILES string of the molecule is CCc1nn(C)c(OC)c1CNc1ccc([N+](=O)[O-])c2cnccc12. The smallest absolute Gasteiger partial charge is 0.278 e. The maximum absolute atomic E-state index is 11.2. The van der Waals surface area contributed by atoms with E-state index in [9.17, 15) is 10.1 Å². The van der Waals surface area contributed by atoms with Crippen LogP contribution in [0, 0.1) is 10.1 Å². The molecule has 3 rings (SSSR count). The minimum Gasteiger partial charge on any atom is -0.481 e. The van der Waals surface area contributed by atoms with Crippen LogP contribution in [0.25, 0.3) is 10.8 Å². The zero-order valence-electron chi connectivity index (χ0n) is 14.3. The minimum absolute atomic E-state index is 0.0434. The second kappa shape index (κ2) is 6.76. The Balaban J connectivity index is 1.98. The minimum atomic E-state index is -0.396. The van der Waals surface area contributed by atoms with Gasteiger partial charge in [0.15, 0.2) is 0 Å². The van der Waals surface area contributed by atoms with Crippen molar-refractivity contribution in [1.29, 1.82) is 0 Å². The van der Waals surface area contributed by atoms with Crippen molar-refractivity contribution in [2.24, 2.45) is 7.05 Å². The van der Waals surface area contributed by atoms with Gasteiger partial charge in [-0.05, 0) is 18.6 Å². The number of anilines is 1. The van der Waals surface area contributed by atoms with Crippen molar-refractivity contribution in [3.8, 4) is 5.88 Å². The van der Waals surface area contributed by atoms with Crippen LogP contribution in [0.1, 0.15) is 18.2 Å². The van der Waals surface area contributed by atoms with Gasteiger partial charge in [0, 0.05) is 43.1 Å². The standard InChI is InChI=1S/C17H19N5O3/c1-4-14-13(17(25-3)21(2)20-14)10-19-15-5-6-16(22(23)24)12-9-18-8-7-11(12)15/h5-9,19H,4,10H2,1-3H3. The molecule has 1 N–H and O–H groups in total. The summed E-state index contributed by atoms with van der Waals surface area (Å²) in [5, 5.41) is 20.3. The first-order valence-electron chi connectivity index (χ1n) is 7.90. The first-order chi connectivity index (χ1) is 12.1. The van der Waals surface area contributed by atoms with E-state index in [0.29, 0.717) is 17.8 Å². The number of methoxy groups -OCH3 is 1. The Morgan fingerprint density at radius 3 is 2.80 bits per heavy atom. The number of aryl methyl sites for hydroxylation is 2. The molecule has 0 spiro atoms. The molecular weight excluding hydrogens is 322 g/mol. The van der Waals surface area contributed by atoms with Gasteiger partial charge in [0.05, 0.1) is 28.7 Å². The molecule has 0 saturated heterocycles. The Morgan fingerprint density at radius 1 is 1.32 bits per heavy atom. The molecule has 3 aromatic rings. The summed E-state index contributed by atoms with van der Waals surface area (Å²) < 4.78 is 7.16. The summed E-state index contributed by atoms with van der Waals surface area (Å²) in [7, 11) is 3.46. The van der Waals surface area contributed by atoms with Crippen molar-refractivity contribution in [3.63, 3.8) is 0 Å². The molecule has 0 bridgehead atoms. The number of benzene rings is 1. The van der Waals surface area contributed by atoms with Crippen LogP contribution in [-0.4, -0.2) is 26.8 Å². The molecule has 0 aliphatic rings. The summed E-state index contributed by atoms with van der Waals surface area (Å²) in [6, 6.07) is 4.98. The Hall–Kier alpha value is -3.16. The molecule has 0 saturated carbocycles. The number of hydrogen-bond acceptors (Lipinski definition) is 6. The molecule has 0 atom stereocenters. The zero-order valence-corrected chi connectivity index (χ0v) is 14.3. The summed E-state index contributed by atoms with van der Waals surface area (Å²) in [6.07, 6.45) is 3.93. The van der Waals surface area contributed by atoms with Crippen molar-refractivity contribution in [1.82, 2.24) is 14.8 Å². The summed E-state index contributed by atoms with van der Waals surface area (Å²) >= 11 is 0. The topological polar surface area (TPSA) is 95.1 Å². The van der Waals surface area contributed by atoms with Gasteiger partial charge in [-0.25, -0.2) is 4.68 Å². The highest BCUT2D eigenvalue weighted by Gasteiger charge is 2.17. The Morgan fingerprint density at radius 2 is 2.12 bits per heavy atom. The summed E-state index contributed by atoms with van der Waals surface area (Å²) in [4.78, 5) is 14.8. The van der Waals surface area contributed by atoms with E-state index in [1.807, 2.05) is 14.0 Å². The van der Waals surface area contributed by atoms with E-state index < -0.39 is 4.92 Å². The molecule has 130 valence electrons. The Labute approximate surface area is 144 Å². The maximum atomic E-state index is 11.2. The third-order valence-corrected chi connectivity index (χ3v) is 4.15. The normalized spacial score (nSPS) is 10.8. The number of nitro benzene ring substituents is 1. The highest BCUT2D eigenvalue weighted by molar-refractivity contribution is 5.99. The molecule has 8 heteroatoms. The Kier molecular flexibility index (Phi) is 4.51. The third-order valence-electron chi connectivity index (χ3n) is 4.15. The fourth-order valence-corrected chi connectivity index (χ4v) is 2.99. The zero-order chi connectivity index (χ0) is 18.0. The number of pyridine rings is 1. The van der Waals surface area contributed by atoms with E-state index in [4.69, 9.17) is 4.74 Å². The van der Waals surface area contributed by atoms with Gasteiger partial charge in [0.25, 0.3) is 5.69 Å². The van der Waals surface area contributed by atoms with Crippen LogP contribution in [0.5, 0.6) is 5.88 Å². The number of nitrogens with one attached hydrogen (secondary N) is 1. The average molecular weight is 341 g/mol. The molecule has 0 amide bonds.